The van der Waals surface area contributed by atoms with Crippen LogP contribution < -0.4 is 5.32 Å². The van der Waals surface area contributed by atoms with Crippen molar-refractivity contribution < 1.29 is 9.90 Å². The maximum atomic E-state index is 10.6. The number of aliphatic hydroxyl groups excluding tert-OH is 1. The molecule has 0 spiro atoms. The number of hydrogen-bond acceptors (Lipinski definition) is 2. The van der Waals surface area contributed by atoms with E-state index in [9.17, 15) is 4.79 Å². The first-order chi connectivity index (χ1) is 5.56. The summed E-state index contributed by atoms with van der Waals surface area (Å²) >= 11 is 0. The molecular weight excluding hydrogens is 154 g/mol. The average molecular weight is 171 g/mol. The minimum atomic E-state index is -0.453. The van der Waals surface area contributed by atoms with Gasteiger partial charge >= 0.3 is 0 Å². The van der Waals surface area contributed by atoms with E-state index in [1.807, 2.05) is 6.92 Å². The molecule has 1 amide bonds. The quantitative estimate of drug-likeness (QED) is 0.664. The lowest BCUT2D eigenvalue weighted by Gasteiger charge is -2.04. The Morgan fingerprint density at radius 2 is 2.17 bits per heavy atom. The number of carbonyl (C=O) groups excluding carboxylic acids is 1. The molecule has 3 nitrogen and oxygen atoms in total. The van der Waals surface area contributed by atoms with Crippen molar-refractivity contribution in [2.45, 2.75) is 27.2 Å². The van der Waals surface area contributed by atoms with Crippen LogP contribution in [0, 0.1) is 5.92 Å². The number of aliphatic hydroxyl groups is 1. The highest BCUT2D eigenvalue weighted by Crippen LogP contribution is 2.07. The van der Waals surface area contributed by atoms with Gasteiger partial charge in [-0.15, -0.1) is 0 Å². The van der Waals surface area contributed by atoms with Crippen LogP contribution >= 0.6 is 0 Å². The third kappa shape index (κ3) is 5.92. The second-order valence-electron chi connectivity index (χ2n) is 3.31. The molecule has 0 saturated heterocycles. The van der Waals surface area contributed by atoms with Crippen molar-refractivity contribution in [2.24, 2.45) is 5.92 Å². The molecule has 0 bridgehead atoms. The summed E-state index contributed by atoms with van der Waals surface area (Å²) in [4.78, 5) is 10.6. The largest absolute Gasteiger partial charge is 0.387 e. The summed E-state index contributed by atoms with van der Waals surface area (Å²) < 4.78 is 0. The second-order valence-corrected chi connectivity index (χ2v) is 3.31. The zero-order chi connectivity index (χ0) is 9.56. The van der Waals surface area contributed by atoms with Crippen LogP contribution in [0.4, 0.5) is 0 Å². The summed E-state index contributed by atoms with van der Waals surface area (Å²) in [5.74, 6) is 0.227. The fraction of sp³-hybridized carbons (Fsp3) is 0.667. The highest BCUT2D eigenvalue weighted by molar-refractivity contribution is 5.77. The Hall–Kier alpha value is -0.830. The van der Waals surface area contributed by atoms with E-state index >= 15 is 0 Å². The zero-order valence-corrected chi connectivity index (χ0v) is 7.92. The summed E-state index contributed by atoms with van der Waals surface area (Å²) in [6, 6.07) is 0. The van der Waals surface area contributed by atoms with Crippen LogP contribution in [0.25, 0.3) is 0 Å². The van der Waals surface area contributed by atoms with Gasteiger partial charge in [0.1, 0.15) is 6.61 Å². The first-order valence-corrected chi connectivity index (χ1v) is 4.12. The van der Waals surface area contributed by atoms with E-state index in [4.69, 9.17) is 5.11 Å². The van der Waals surface area contributed by atoms with E-state index < -0.39 is 6.61 Å². The molecule has 12 heavy (non-hydrogen) atoms. The van der Waals surface area contributed by atoms with Crippen molar-refractivity contribution >= 4 is 5.91 Å². The van der Waals surface area contributed by atoms with Crippen molar-refractivity contribution in [3.05, 3.63) is 11.8 Å². The van der Waals surface area contributed by atoms with Crippen LogP contribution in [0.5, 0.6) is 0 Å². The SMILES string of the molecule is CC(=CNC(=O)CO)CC(C)C. The lowest BCUT2D eigenvalue weighted by atomic mass is 10.1. The van der Waals surface area contributed by atoms with Gasteiger partial charge in [0, 0.05) is 6.20 Å². The van der Waals surface area contributed by atoms with Gasteiger partial charge in [0.25, 0.3) is 0 Å². The van der Waals surface area contributed by atoms with Gasteiger partial charge in [0.2, 0.25) is 5.91 Å². The van der Waals surface area contributed by atoms with Crippen molar-refractivity contribution in [3.8, 4) is 0 Å². The molecule has 2 N–H and O–H groups in total. The number of allylic oxidation sites excluding steroid dienone is 1. The number of nitrogens with one attached hydrogen (secondary N) is 1. The van der Waals surface area contributed by atoms with Crippen LogP contribution in [0.3, 0.4) is 0 Å². The number of amides is 1. The first kappa shape index (κ1) is 11.2. The van der Waals surface area contributed by atoms with Crippen molar-refractivity contribution in [3.63, 3.8) is 0 Å². The monoisotopic (exact) mass is 171 g/mol. The van der Waals surface area contributed by atoms with Crippen LogP contribution in [0.2, 0.25) is 0 Å². The third-order valence-corrected chi connectivity index (χ3v) is 1.35. The Kier molecular flexibility index (Phi) is 5.37. The predicted molar refractivity (Wildman–Crippen MR) is 48.4 cm³/mol. The standard InChI is InChI=1S/C9H17NO2/c1-7(2)4-8(3)5-10-9(12)6-11/h5,7,11H,4,6H2,1-3H3,(H,10,12). The first-order valence-electron chi connectivity index (χ1n) is 4.12. The van der Waals surface area contributed by atoms with E-state index in [1.54, 1.807) is 6.20 Å². The highest BCUT2D eigenvalue weighted by Gasteiger charge is 1.97. The number of carbonyl (C=O) groups is 1. The van der Waals surface area contributed by atoms with E-state index in [1.165, 1.54) is 0 Å². The second kappa shape index (κ2) is 5.77. The maximum absolute atomic E-state index is 10.6. The number of rotatable bonds is 4. The van der Waals surface area contributed by atoms with Crippen molar-refractivity contribution in [1.82, 2.24) is 5.32 Å². The van der Waals surface area contributed by atoms with E-state index in [-0.39, 0.29) is 5.91 Å². The number of hydrogen-bond donors (Lipinski definition) is 2. The topological polar surface area (TPSA) is 49.3 Å². The third-order valence-electron chi connectivity index (χ3n) is 1.35. The highest BCUT2D eigenvalue weighted by atomic mass is 16.3. The summed E-state index contributed by atoms with van der Waals surface area (Å²) in [6.45, 7) is 5.74. The van der Waals surface area contributed by atoms with Gasteiger partial charge in [-0.2, -0.15) is 0 Å². The van der Waals surface area contributed by atoms with E-state index in [0.29, 0.717) is 5.92 Å². The van der Waals surface area contributed by atoms with Gasteiger partial charge in [0.15, 0.2) is 0 Å². The molecular formula is C9H17NO2. The molecule has 0 radical (unpaired) electrons. The average Bonchev–Trinajstić information content (AvgIpc) is 1.99. The Morgan fingerprint density at radius 1 is 1.58 bits per heavy atom. The lowest BCUT2D eigenvalue weighted by Crippen LogP contribution is -2.20. The van der Waals surface area contributed by atoms with Crippen molar-refractivity contribution in [2.75, 3.05) is 6.61 Å². The molecule has 0 fully saturated rings. The summed E-state index contributed by atoms with van der Waals surface area (Å²) in [5, 5.41) is 10.9. The maximum Gasteiger partial charge on any atom is 0.249 e. The fourth-order valence-electron chi connectivity index (χ4n) is 0.952. The summed E-state index contributed by atoms with van der Waals surface area (Å²) in [7, 11) is 0. The molecule has 70 valence electrons. The van der Waals surface area contributed by atoms with Crippen molar-refractivity contribution in [1.29, 1.82) is 0 Å². The predicted octanol–water partition coefficient (Wildman–Crippen LogP) is 1.04. The van der Waals surface area contributed by atoms with Gasteiger partial charge in [0.05, 0.1) is 0 Å². The van der Waals surface area contributed by atoms with E-state index in [2.05, 4.69) is 19.2 Å². The fourth-order valence-corrected chi connectivity index (χ4v) is 0.952. The molecule has 0 heterocycles. The zero-order valence-electron chi connectivity index (χ0n) is 7.92. The molecule has 0 aliphatic heterocycles. The molecule has 0 aromatic carbocycles. The molecule has 0 aromatic rings. The molecule has 0 aromatic heterocycles. The molecule has 0 atom stereocenters. The summed E-state index contributed by atoms with van der Waals surface area (Å²) in [5.41, 5.74) is 1.12. The molecule has 0 saturated carbocycles. The molecule has 0 rings (SSSR count). The molecule has 0 aliphatic carbocycles. The Bertz CT molecular complexity index is 173. The minimum absolute atomic E-state index is 0.363. The molecule has 3 heteroatoms. The van der Waals surface area contributed by atoms with Crippen LogP contribution in [0.1, 0.15) is 27.2 Å². The van der Waals surface area contributed by atoms with Gasteiger partial charge in [-0.25, -0.2) is 0 Å². The van der Waals surface area contributed by atoms with Crippen LogP contribution in [-0.4, -0.2) is 17.6 Å². The van der Waals surface area contributed by atoms with Gasteiger partial charge < -0.3 is 10.4 Å². The Morgan fingerprint density at radius 3 is 2.58 bits per heavy atom. The Labute approximate surface area is 73.5 Å². The van der Waals surface area contributed by atoms with E-state index in [0.717, 1.165) is 12.0 Å². The lowest BCUT2D eigenvalue weighted by molar-refractivity contribution is -0.122. The smallest absolute Gasteiger partial charge is 0.249 e. The van der Waals surface area contributed by atoms with Gasteiger partial charge in [-0.1, -0.05) is 19.4 Å². The van der Waals surface area contributed by atoms with Crippen LogP contribution in [-0.2, 0) is 4.79 Å². The molecule has 0 aliphatic rings. The van der Waals surface area contributed by atoms with Gasteiger partial charge in [-0.05, 0) is 19.3 Å². The van der Waals surface area contributed by atoms with Gasteiger partial charge in [-0.3, -0.25) is 4.79 Å². The normalized spacial score (nSPS) is 11.9. The minimum Gasteiger partial charge on any atom is -0.387 e. The van der Waals surface area contributed by atoms with Crippen LogP contribution in [0.15, 0.2) is 11.8 Å². The molecule has 0 unspecified atom stereocenters. The summed E-state index contributed by atoms with van der Waals surface area (Å²) in [6.07, 6.45) is 2.62. The Balaban J connectivity index is 3.76.